The van der Waals surface area contributed by atoms with Crippen LogP contribution in [0.15, 0.2) is 114 Å². The molecule has 4 rings (SSSR count). The Hall–Kier alpha value is -5.02. The minimum absolute atomic E-state index is 0.0495. The van der Waals surface area contributed by atoms with Gasteiger partial charge in [0.2, 0.25) is 5.91 Å². The van der Waals surface area contributed by atoms with Crippen molar-refractivity contribution in [3.8, 4) is 11.5 Å². The zero-order valence-corrected chi connectivity index (χ0v) is 24.2. The Morgan fingerprint density at radius 3 is 2.05 bits per heavy atom. The van der Waals surface area contributed by atoms with E-state index in [9.17, 15) is 14.4 Å². The zero-order valence-electron chi connectivity index (χ0n) is 23.4. The standard InChI is InChI=1S/C33H31N3O5S/c1-22(31(37)35-27-14-8-10-16-30(27)41-3)42-26-19-17-25(18-20-26)34-33(39)28(21-24-13-7-9-15-29(24)40-2)36-32(38)23-11-5-4-6-12-23/h4-22H,1-3H3,(H,34,39)(H,35,37)(H,36,38)/b28-21-. The van der Waals surface area contributed by atoms with Gasteiger partial charge < -0.3 is 25.4 Å². The van der Waals surface area contributed by atoms with Crippen LogP contribution in [0.4, 0.5) is 11.4 Å². The van der Waals surface area contributed by atoms with Crippen LogP contribution in [0, 0.1) is 0 Å². The van der Waals surface area contributed by atoms with Crippen molar-refractivity contribution >= 4 is 46.9 Å². The lowest BCUT2D eigenvalue weighted by Crippen LogP contribution is -2.30. The monoisotopic (exact) mass is 581 g/mol. The number of nitrogens with one attached hydrogen (secondary N) is 3. The number of benzene rings is 4. The summed E-state index contributed by atoms with van der Waals surface area (Å²) >= 11 is 1.38. The van der Waals surface area contributed by atoms with Crippen molar-refractivity contribution in [2.75, 3.05) is 24.9 Å². The van der Waals surface area contributed by atoms with Crippen LogP contribution in [0.25, 0.3) is 6.08 Å². The molecule has 214 valence electrons. The third kappa shape index (κ3) is 8.02. The van der Waals surface area contributed by atoms with Gasteiger partial charge in [0, 0.05) is 21.7 Å². The molecular weight excluding hydrogens is 550 g/mol. The molecule has 3 N–H and O–H groups in total. The zero-order chi connectivity index (χ0) is 29.9. The maximum atomic E-state index is 13.4. The van der Waals surface area contributed by atoms with E-state index >= 15 is 0 Å². The van der Waals surface area contributed by atoms with Crippen LogP contribution in [0.3, 0.4) is 0 Å². The molecule has 0 aliphatic rings. The lowest BCUT2D eigenvalue weighted by Gasteiger charge is -2.15. The predicted octanol–water partition coefficient (Wildman–Crippen LogP) is 6.23. The summed E-state index contributed by atoms with van der Waals surface area (Å²) in [7, 11) is 3.09. The first-order valence-electron chi connectivity index (χ1n) is 13.1. The summed E-state index contributed by atoms with van der Waals surface area (Å²) in [4.78, 5) is 39.9. The number of carbonyl (C=O) groups is 3. The average molecular weight is 582 g/mol. The Morgan fingerprint density at radius 2 is 1.36 bits per heavy atom. The molecule has 1 atom stereocenters. The molecule has 8 nitrogen and oxygen atoms in total. The summed E-state index contributed by atoms with van der Waals surface area (Å²) in [5, 5.41) is 8.07. The molecule has 0 bridgehead atoms. The molecule has 0 spiro atoms. The van der Waals surface area contributed by atoms with Crippen LogP contribution in [0.1, 0.15) is 22.8 Å². The fourth-order valence-corrected chi connectivity index (χ4v) is 4.81. The molecule has 0 aromatic heterocycles. The van der Waals surface area contributed by atoms with Gasteiger partial charge >= 0.3 is 0 Å². The van der Waals surface area contributed by atoms with Gasteiger partial charge in [-0.15, -0.1) is 11.8 Å². The summed E-state index contributed by atoms with van der Waals surface area (Å²) in [6.45, 7) is 1.81. The molecule has 0 saturated carbocycles. The first-order valence-corrected chi connectivity index (χ1v) is 14.0. The van der Waals surface area contributed by atoms with E-state index in [1.807, 2.05) is 49.4 Å². The number of thioether (sulfide) groups is 1. The van der Waals surface area contributed by atoms with Crippen LogP contribution >= 0.6 is 11.8 Å². The molecule has 4 aromatic carbocycles. The number of amides is 3. The number of hydrogen-bond donors (Lipinski definition) is 3. The molecule has 0 saturated heterocycles. The summed E-state index contributed by atoms with van der Waals surface area (Å²) in [6, 6.07) is 30.2. The van der Waals surface area contributed by atoms with Crippen LogP contribution in [-0.2, 0) is 9.59 Å². The highest BCUT2D eigenvalue weighted by atomic mass is 32.2. The minimum atomic E-state index is -0.504. The number of para-hydroxylation sites is 3. The fourth-order valence-electron chi connectivity index (χ4n) is 3.94. The van der Waals surface area contributed by atoms with E-state index in [4.69, 9.17) is 9.47 Å². The van der Waals surface area contributed by atoms with E-state index in [2.05, 4.69) is 16.0 Å². The molecule has 0 fully saturated rings. The molecule has 0 aliphatic carbocycles. The Labute approximate surface area is 249 Å². The van der Waals surface area contributed by atoms with E-state index in [0.29, 0.717) is 34.0 Å². The molecule has 9 heteroatoms. The second-order valence-corrected chi connectivity index (χ2v) is 10.5. The number of methoxy groups -OCH3 is 2. The van der Waals surface area contributed by atoms with Crippen molar-refractivity contribution in [3.05, 3.63) is 120 Å². The molecule has 0 aliphatic heterocycles. The van der Waals surface area contributed by atoms with Crippen molar-refractivity contribution in [1.82, 2.24) is 5.32 Å². The Kier molecular flexibility index (Phi) is 10.4. The average Bonchev–Trinajstić information content (AvgIpc) is 3.02. The summed E-state index contributed by atoms with van der Waals surface area (Å²) in [5.41, 5.74) is 2.22. The van der Waals surface area contributed by atoms with E-state index in [-0.39, 0.29) is 16.9 Å². The van der Waals surface area contributed by atoms with E-state index in [1.54, 1.807) is 73.8 Å². The Balaban J connectivity index is 1.45. The van der Waals surface area contributed by atoms with Crippen LogP contribution < -0.4 is 25.4 Å². The third-order valence-corrected chi connectivity index (χ3v) is 7.24. The number of ether oxygens (including phenoxy) is 2. The lowest BCUT2D eigenvalue weighted by molar-refractivity contribution is -0.115. The highest BCUT2D eigenvalue weighted by Crippen LogP contribution is 2.28. The highest BCUT2D eigenvalue weighted by molar-refractivity contribution is 8.00. The van der Waals surface area contributed by atoms with E-state index in [0.717, 1.165) is 4.90 Å². The molecule has 4 aromatic rings. The Bertz CT molecular complexity index is 1570. The summed E-state index contributed by atoms with van der Waals surface area (Å²) in [6.07, 6.45) is 1.57. The summed E-state index contributed by atoms with van der Waals surface area (Å²) < 4.78 is 10.7. The van der Waals surface area contributed by atoms with Gasteiger partial charge in [-0.05, 0) is 67.6 Å². The normalized spacial score (nSPS) is 11.6. The molecule has 1 unspecified atom stereocenters. The number of rotatable bonds is 11. The van der Waals surface area contributed by atoms with Gasteiger partial charge in [0.15, 0.2) is 0 Å². The Morgan fingerprint density at radius 1 is 0.738 bits per heavy atom. The highest BCUT2D eigenvalue weighted by Gasteiger charge is 2.18. The van der Waals surface area contributed by atoms with Crippen molar-refractivity contribution in [2.24, 2.45) is 0 Å². The second-order valence-electron chi connectivity index (χ2n) is 9.05. The van der Waals surface area contributed by atoms with Crippen molar-refractivity contribution in [2.45, 2.75) is 17.1 Å². The van der Waals surface area contributed by atoms with E-state index in [1.165, 1.54) is 18.9 Å². The van der Waals surface area contributed by atoms with Crippen LogP contribution in [0.5, 0.6) is 11.5 Å². The molecule has 42 heavy (non-hydrogen) atoms. The van der Waals surface area contributed by atoms with Gasteiger partial charge in [0.05, 0.1) is 25.2 Å². The molecular formula is C33H31N3O5S. The van der Waals surface area contributed by atoms with E-state index < -0.39 is 11.8 Å². The predicted molar refractivity (Wildman–Crippen MR) is 167 cm³/mol. The largest absolute Gasteiger partial charge is 0.496 e. The molecule has 3 amide bonds. The number of anilines is 2. The van der Waals surface area contributed by atoms with Gasteiger partial charge in [0.25, 0.3) is 11.8 Å². The number of carbonyl (C=O) groups excluding carboxylic acids is 3. The van der Waals surface area contributed by atoms with Gasteiger partial charge in [-0.1, -0.05) is 48.5 Å². The fraction of sp³-hybridized carbons (Fsp3) is 0.121. The van der Waals surface area contributed by atoms with Crippen molar-refractivity contribution in [3.63, 3.8) is 0 Å². The first-order chi connectivity index (χ1) is 20.4. The maximum absolute atomic E-state index is 13.4. The quantitative estimate of drug-likeness (QED) is 0.143. The van der Waals surface area contributed by atoms with Crippen LogP contribution in [-0.4, -0.2) is 37.2 Å². The minimum Gasteiger partial charge on any atom is -0.496 e. The molecule has 0 heterocycles. The SMILES string of the molecule is COc1ccccc1/C=C(\NC(=O)c1ccccc1)C(=O)Nc1ccc(SC(C)C(=O)Nc2ccccc2OC)cc1. The van der Waals surface area contributed by atoms with Crippen molar-refractivity contribution < 1.29 is 23.9 Å². The van der Waals surface area contributed by atoms with Gasteiger partial charge in [-0.3, -0.25) is 14.4 Å². The second kappa shape index (κ2) is 14.6. The number of hydrogen-bond acceptors (Lipinski definition) is 6. The lowest BCUT2D eigenvalue weighted by atomic mass is 10.1. The topological polar surface area (TPSA) is 106 Å². The third-order valence-electron chi connectivity index (χ3n) is 6.13. The first kappa shape index (κ1) is 30.0. The molecule has 0 radical (unpaired) electrons. The van der Waals surface area contributed by atoms with Gasteiger partial charge in [-0.2, -0.15) is 0 Å². The maximum Gasteiger partial charge on any atom is 0.272 e. The summed E-state index contributed by atoms with van der Waals surface area (Å²) in [5.74, 6) is 0.0561. The smallest absolute Gasteiger partial charge is 0.272 e. The van der Waals surface area contributed by atoms with Gasteiger partial charge in [-0.25, -0.2) is 0 Å². The van der Waals surface area contributed by atoms with Crippen molar-refractivity contribution in [1.29, 1.82) is 0 Å². The van der Waals surface area contributed by atoms with Crippen LogP contribution in [0.2, 0.25) is 0 Å². The van der Waals surface area contributed by atoms with Gasteiger partial charge in [0.1, 0.15) is 17.2 Å².